The molecule has 0 bridgehead atoms. The lowest BCUT2D eigenvalue weighted by atomic mass is 9.93. The summed E-state index contributed by atoms with van der Waals surface area (Å²) in [7, 11) is 1.22. The van der Waals surface area contributed by atoms with Crippen molar-refractivity contribution >= 4 is 18.4 Å². The molecule has 1 atom stereocenters. The Labute approximate surface area is 83.4 Å². The fourth-order valence-corrected chi connectivity index (χ4v) is 1.44. The van der Waals surface area contributed by atoms with Gasteiger partial charge in [0.15, 0.2) is 6.17 Å². The second-order valence-electron chi connectivity index (χ2n) is 3.01. The molecule has 1 fully saturated rings. The predicted octanol–water partition coefficient (Wildman–Crippen LogP) is 0.919. The van der Waals surface area contributed by atoms with Gasteiger partial charge in [-0.1, -0.05) is 0 Å². The van der Waals surface area contributed by atoms with Crippen LogP contribution in [0.3, 0.4) is 0 Å². The number of rotatable bonds is 2. The van der Waals surface area contributed by atoms with Gasteiger partial charge in [-0.3, -0.25) is 0 Å². The molecule has 3 nitrogen and oxygen atoms in total. The highest BCUT2D eigenvalue weighted by Crippen LogP contribution is 2.19. The van der Waals surface area contributed by atoms with Gasteiger partial charge >= 0.3 is 5.97 Å². The van der Waals surface area contributed by atoms with Crippen LogP contribution < -0.4 is 5.32 Å². The Kier molecular flexibility index (Phi) is 5.99. The molecule has 1 saturated heterocycles. The number of ether oxygens (including phenoxy) is 1. The summed E-state index contributed by atoms with van der Waals surface area (Å²) in [6, 6.07) is 0. The Morgan fingerprint density at radius 3 is 2.54 bits per heavy atom. The van der Waals surface area contributed by atoms with Crippen molar-refractivity contribution in [1.82, 2.24) is 5.32 Å². The van der Waals surface area contributed by atoms with Gasteiger partial charge in [0.2, 0.25) is 0 Å². The molecule has 0 radical (unpaired) electrons. The first-order chi connectivity index (χ1) is 5.75. The lowest BCUT2D eigenvalue weighted by Gasteiger charge is -2.23. The Bertz CT molecular complexity index is 162. The molecule has 1 N–H and O–H groups in total. The van der Waals surface area contributed by atoms with Crippen LogP contribution in [0.4, 0.5) is 4.39 Å². The van der Waals surface area contributed by atoms with E-state index in [1.54, 1.807) is 0 Å². The highest BCUT2D eigenvalue weighted by molar-refractivity contribution is 5.85. The van der Waals surface area contributed by atoms with E-state index in [0.717, 1.165) is 25.9 Å². The fourth-order valence-electron chi connectivity index (χ4n) is 1.44. The van der Waals surface area contributed by atoms with E-state index in [4.69, 9.17) is 0 Å². The zero-order valence-electron chi connectivity index (χ0n) is 7.59. The average molecular weight is 212 g/mol. The molecule has 1 aliphatic rings. The van der Waals surface area contributed by atoms with Crippen LogP contribution in [0.25, 0.3) is 0 Å². The molecule has 1 heterocycles. The largest absolute Gasteiger partial charge is 0.467 e. The maximum atomic E-state index is 13.2. The van der Waals surface area contributed by atoms with Gasteiger partial charge in [0, 0.05) is 5.92 Å². The van der Waals surface area contributed by atoms with Gasteiger partial charge in [-0.05, 0) is 25.9 Å². The standard InChI is InChI=1S/C8H14FNO2.ClH/c1-12-8(11)7(9)6-2-4-10-5-3-6;/h6-7,10H,2-5H2,1H3;1H. The van der Waals surface area contributed by atoms with Gasteiger partial charge < -0.3 is 10.1 Å². The smallest absolute Gasteiger partial charge is 0.340 e. The molecule has 0 aromatic heterocycles. The second kappa shape index (κ2) is 6.16. The third-order valence-corrected chi connectivity index (χ3v) is 2.22. The summed E-state index contributed by atoms with van der Waals surface area (Å²) < 4.78 is 17.5. The first-order valence-corrected chi connectivity index (χ1v) is 4.18. The van der Waals surface area contributed by atoms with Crippen molar-refractivity contribution < 1.29 is 13.9 Å². The van der Waals surface area contributed by atoms with Crippen molar-refractivity contribution in [3.05, 3.63) is 0 Å². The molecular weight excluding hydrogens is 197 g/mol. The molecular formula is C8H15ClFNO2. The fraction of sp³-hybridized carbons (Fsp3) is 0.875. The quantitative estimate of drug-likeness (QED) is 0.691. The number of hydrogen-bond acceptors (Lipinski definition) is 3. The summed E-state index contributed by atoms with van der Waals surface area (Å²) in [6.45, 7) is 1.59. The Morgan fingerprint density at radius 1 is 1.54 bits per heavy atom. The van der Waals surface area contributed by atoms with Crippen molar-refractivity contribution in [3.8, 4) is 0 Å². The number of halogens is 2. The van der Waals surface area contributed by atoms with E-state index in [-0.39, 0.29) is 18.3 Å². The molecule has 0 aromatic carbocycles. The van der Waals surface area contributed by atoms with Crippen LogP contribution in [-0.2, 0) is 9.53 Å². The van der Waals surface area contributed by atoms with Crippen LogP contribution in [0.5, 0.6) is 0 Å². The Balaban J connectivity index is 0.00000144. The van der Waals surface area contributed by atoms with E-state index in [1.807, 2.05) is 0 Å². The van der Waals surface area contributed by atoms with Crippen LogP contribution in [0.1, 0.15) is 12.8 Å². The lowest BCUT2D eigenvalue weighted by molar-refractivity contribution is -0.149. The monoisotopic (exact) mass is 211 g/mol. The molecule has 0 aromatic rings. The topological polar surface area (TPSA) is 38.3 Å². The maximum Gasteiger partial charge on any atom is 0.340 e. The molecule has 0 spiro atoms. The minimum Gasteiger partial charge on any atom is -0.467 e. The summed E-state index contributed by atoms with van der Waals surface area (Å²) in [4.78, 5) is 10.8. The SMILES string of the molecule is COC(=O)C(F)C1CCNCC1.Cl. The highest BCUT2D eigenvalue weighted by Gasteiger charge is 2.29. The van der Waals surface area contributed by atoms with E-state index < -0.39 is 12.1 Å². The van der Waals surface area contributed by atoms with Crippen LogP contribution in [0.2, 0.25) is 0 Å². The second-order valence-corrected chi connectivity index (χ2v) is 3.01. The van der Waals surface area contributed by atoms with E-state index in [1.165, 1.54) is 7.11 Å². The molecule has 0 amide bonds. The predicted molar refractivity (Wildman–Crippen MR) is 49.8 cm³/mol. The van der Waals surface area contributed by atoms with Crippen molar-refractivity contribution in [2.24, 2.45) is 5.92 Å². The third kappa shape index (κ3) is 3.48. The molecule has 13 heavy (non-hydrogen) atoms. The molecule has 78 valence electrons. The normalized spacial score (nSPS) is 20.2. The minimum absolute atomic E-state index is 0. The number of hydrogen-bond donors (Lipinski definition) is 1. The first-order valence-electron chi connectivity index (χ1n) is 4.18. The molecule has 5 heteroatoms. The number of alkyl halides is 1. The van der Waals surface area contributed by atoms with Crippen LogP contribution >= 0.6 is 12.4 Å². The van der Waals surface area contributed by atoms with Gasteiger partial charge in [0.05, 0.1) is 7.11 Å². The molecule has 1 unspecified atom stereocenters. The van der Waals surface area contributed by atoms with Gasteiger partial charge in [0.1, 0.15) is 0 Å². The van der Waals surface area contributed by atoms with Gasteiger partial charge in [0.25, 0.3) is 0 Å². The van der Waals surface area contributed by atoms with Gasteiger partial charge in [-0.2, -0.15) is 0 Å². The first kappa shape index (κ1) is 12.7. The summed E-state index contributed by atoms with van der Waals surface area (Å²) >= 11 is 0. The third-order valence-electron chi connectivity index (χ3n) is 2.22. The summed E-state index contributed by atoms with van der Waals surface area (Å²) in [5.74, 6) is -0.888. The minimum atomic E-state index is -1.43. The molecule has 0 aliphatic carbocycles. The van der Waals surface area contributed by atoms with Crippen molar-refractivity contribution in [2.45, 2.75) is 19.0 Å². The van der Waals surface area contributed by atoms with E-state index in [9.17, 15) is 9.18 Å². The number of carbonyl (C=O) groups excluding carboxylic acids is 1. The van der Waals surface area contributed by atoms with E-state index in [2.05, 4.69) is 10.1 Å². The van der Waals surface area contributed by atoms with Crippen molar-refractivity contribution in [1.29, 1.82) is 0 Å². The van der Waals surface area contributed by atoms with Crippen LogP contribution in [-0.4, -0.2) is 32.3 Å². The number of carbonyl (C=O) groups is 1. The van der Waals surface area contributed by atoms with Gasteiger partial charge in [-0.15, -0.1) is 12.4 Å². The van der Waals surface area contributed by atoms with Crippen LogP contribution in [0.15, 0.2) is 0 Å². The van der Waals surface area contributed by atoms with Crippen molar-refractivity contribution in [2.75, 3.05) is 20.2 Å². The van der Waals surface area contributed by atoms with E-state index >= 15 is 0 Å². The number of nitrogens with one attached hydrogen (secondary N) is 1. The van der Waals surface area contributed by atoms with Crippen molar-refractivity contribution in [3.63, 3.8) is 0 Å². The van der Waals surface area contributed by atoms with E-state index in [0.29, 0.717) is 0 Å². The number of methoxy groups -OCH3 is 1. The van der Waals surface area contributed by atoms with Gasteiger partial charge in [-0.25, -0.2) is 9.18 Å². The number of piperidine rings is 1. The maximum absolute atomic E-state index is 13.2. The average Bonchev–Trinajstić information content (AvgIpc) is 2.17. The Morgan fingerprint density at radius 2 is 2.08 bits per heavy atom. The lowest BCUT2D eigenvalue weighted by Crippen LogP contribution is -2.36. The molecule has 1 rings (SSSR count). The summed E-state index contributed by atoms with van der Waals surface area (Å²) in [6.07, 6.45) is 0.00380. The van der Waals surface area contributed by atoms with Crippen LogP contribution in [0, 0.1) is 5.92 Å². The summed E-state index contributed by atoms with van der Waals surface area (Å²) in [5.41, 5.74) is 0. The molecule has 1 aliphatic heterocycles. The highest BCUT2D eigenvalue weighted by atomic mass is 35.5. The zero-order chi connectivity index (χ0) is 8.97. The summed E-state index contributed by atoms with van der Waals surface area (Å²) in [5, 5.41) is 3.11. The number of esters is 1. The zero-order valence-corrected chi connectivity index (χ0v) is 8.40. The Hall–Kier alpha value is -0.350. The molecule has 0 saturated carbocycles.